The molecule has 5 heteroatoms. The standard InChI is InChI=1S/C20H21NO3S/c1-12-13(6-2-3-10-17(22)23)18(15-8-5-11-24-15)19-14-7-4-9-16(14)25-20(19)21-12/h5,8,11H,2-4,6-7,9-10H2,1H3,(H,22,23). The van der Waals surface area contributed by atoms with Crippen molar-refractivity contribution in [3.8, 4) is 11.3 Å². The van der Waals surface area contributed by atoms with E-state index in [1.165, 1.54) is 33.4 Å². The monoisotopic (exact) mass is 355 g/mol. The van der Waals surface area contributed by atoms with E-state index in [4.69, 9.17) is 14.5 Å². The third kappa shape index (κ3) is 2.97. The van der Waals surface area contributed by atoms with Gasteiger partial charge in [0.15, 0.2) is 0 Å². The molecule has 1 aliphatic carbocycles. The first-order valence-electron chi connectivity index (χ1n) is 8.84. The number of rotatable bonds is 6. The fourth-order valence-corrected chi connectivity index (χ4v) is 5.17. The molecule has 4 rings (SSSR count). The minimum atomic E-state index is -0.729. The Hall–Kier alpha value is -2.14. The van der Waals surface area contributed by atoms with Gasteiger partial charge in [-0.25, -0.2) is 4.98 Å². The lowest BCUT2D eigenvalue weighted by Crippen LogP contribution is -2.00. The van der Waals surface area contributed by atoms with E-state index in [0.29, 0.717) is 6.42 Å². The molecular weight excluding hydrogens is 334 g/mol. The van der Waals surface area contributed by atoms with Crippen LogP contribution < -0.4 is 0 Å². The van der Waals surface area contributed by atoms with Crippen LogP contribution in [0.15, 0.2) is 22.8 Å². The van der Waals surface area contributed by atoms with Gasteiger partial charge < -0.3 is 9.52 Å². The van der Waals surface area contributed by atoms with Gasteiger partial charge in [0.05, 0.1) is 6.26 Å². The zero-order chi connectivity index (χ0) is 17.4. The predicted octanol–water partition coefficient (Wildman–Crippen LogP) is 5.15. The molecule has 0 unspecified atom stereocenters. The number of furan rings is 1. The van der Waals surface area contributed by atoms with Crippen LogP contribution in [0, 0.1) is 6.92 Å². The van der Waals surface area contributed by atoms with Crippen molar-refractivity contribution < 1.29 is 14.3 Å². The number of unbranched alkanes of at least 4 members (excludes halogenated alkanes) is 1. The van der Waals surface area contributed by atoms with Crippen molar-refractivity contribution in [3.63, 3.8) is 0 Å². The first-order valence-corrected chi connectivity index (χ1v) is 9.66. The molecule has 130 valence electrons. The van der Waals surface area contributed by atoms with E-state index in [1.54, 1.807) is 6.26 Å². The summed E-state index contributed by atoms with van der Waals surface area (Å²) in [6.07, 6.45) is 7.80. The van der Waals surface area contributed by atoms with Crippen molar-refractivity contribution in [1.29, 1.82) is 0 Å². The van der Waals surface area contributed by atoms with E-state index >= 15 is 0 Å². The molecule has 0 atom stereocenters. The van der Waals surface area contributed by atoms with Crippen molar-refractivity contribution in [2.24, 2.45) is 0 Å². The van der Waals surface area contributed by atoms with Crippen LogP contribution in [0.25, 0.3) is 21.5 Å². The minimum Gasteiger partial charge on any atom is -0.481 e. The van der Waals surface area contributed by atoms with Crippen LogP contribution >= 0.6 is 11.3 Å². The van der Waals surface area contributed by atoms with Crippen LogP contribution in [0.5, 0.6) is 0 Å². The van der Waals surface area contributed by atoms with Gasteiger partial charge in [-0.05, 0) is 68.7 Å². The number of carboxylic acid groups (broad SMARTS) is 1. The predicted molar refractivity (Wildman–Crippen MR) is 99.3 cm³/mol. The van der Waals surface area contributed by atoms with E-state index in [9.17, 15) is 4.79 Å². The lowest BCUT2D eigenvalue weighted by atomic mass is 9.94. The second-order valence-electron chi connectivity index (χ2n) is 6.67. The maximum atomic E-state index is 10.8. The van der Waals surface area contributed by atoms with Crippen LogP contribution in [0.1, 0.15) is 47.4 Å². The van der Waals surface area contributed by atoms with Gasteiger partial charge in [-0.2, -0.15) is 0 Å². The molecule has 0 fully saturated rings. The number of thiophene rings is 1. The Morgan fingerprint density at radius 1 is 1.36 bits per heavy atom. The van der Waals surface area contributed by atoms with Gasteiger partial charge >= 0.3 is 5.97 Å². The molecular formula is C20H21NO3S. The molecule has 4 nitrogen and oxygen atoms in total. The Bertz CT molecular complexity index is 924. The summed E-state index contributed by atoms with van der Waals surface area (Å²) in [7, 11) is 0. The number of carboxylic acids is 1. The molecule has 0 aromatic carbocycles. The maximum Gasteiger partial charge on any atom is 0.303 e. The van der Waals surface area contributed by atoms with Gasteiger partial charge in [-0.1, -0.05) is 0 Å². The summed E-state index contributed by atoms with van der Waals surface area (Å²) in [5.41, 5.74) is 4.88. The number of fused-ring (bicyclic) bond motifs is 3. The van der Waals surface area contributed by atoms with Crippen LogP contribution in [0.4, 0.5) is 0 Å². The fourth-order valence-electron chi connectivity index (χ4n) is 3.85. The topological polar surface area (TPSA) is 63.3 Å². The third-order valence-electron chi connectivity index (χ3n) is 5.00. The van der Waals surface area contributed by atoms with Crippen LogP contribution in [0.2, 0.25) is 0 Å². The Morgan fingerprint density at radius 2 is 2.24 bits per heavy atom. The number of hydrogen-bond donors (Lipinski definition) is 1. The van der Waals surface area contributed by atoms with Crippen molar-refractivity contribution in [1.82, 2.24) is 4.98 Å². The average molecular weight is 355 g/mol. The second kappa shape index (κ2) is 6.64. The van der Waals surface area contributed by atoms with Gasteiger partial charge in [0.1, 0.15) is 10.6 Å². The van der Waals surface area contributed by atoms with E-state index in [-0.39, 0.29) is 6.42 Å². The molecule has 0 bridgehead atoms. The van der Waals surface area contributed by atoms with Gasteiger partial charge in [-0.3, -0.25) is 4.79 Å². The molecule has 0 saturated heterocycles. The zero-order valence-electron chi connectivity index (χ0n) is 14.3. The van der Waals surface area contributed by atoms with E-state index < -0.39 is 5.97 Å². The summed E-state index contributed by atoms with van der Waals surface area (Å²) in [6.45, 7) is 2.06. The number of aliphatic carboxylic acids is 1. The number of carbonyl (C=O) groups is 1. The van der Waals surface area contributed by atoms with Crippen molar-refractivity contribution in [2.75, 3.05) is 0 Å². The molecule has 0 aliphatic heterocycles. The summed E-state index contributed by atoms with van der Waals surface area (Å²) >= 11 is 1.82. The smallest absolute Gasteiger partial charge is 0.303 e. The van der Waals surface area contributed by atoms with Crippen molar-refractivity contribution in [2.45, 2.75) is 51.9 Å². The highest BCUT2D eigenvalue weighted by Gasteiger charge is 2.25. The van der Waals surface area contributed by atoms with Crippen molar-refractivity contribution in [3.05, 3.63) is 40.1 Å². The first-order chi connectivity index (χ1) is 12.1. The average Bonchev–Trinajstić information content (AvgIpc) is 3.28. The summed E-state index contributed by atoms with van der Waals surface area (Å²) < 4.78 is 5.78. The number of hydrogen-bond acceptors (Lipinski definition) is 4. The van der Waals surface area contributed by atoms with Crippen LogP contribution in [0.3, 0.4) is 0 Å². The van der Waals surface area contributed by atoms with Gasteiger partial charge in [-0.15, -0.1) is 11.3 Å². The maximum absolute atomic E-state index is 10.8. The summed E-state index contributed by atoms with van der Waals surface area (Å²) in [4.78, 5) is 18.2. The number of aryl methyl sites for hydroxylation is 3. The summed E-state index contributed by atoms with van der Waals surface area (Å²) in [6, 6.07) is 3.95. The Balaban J connectivity index is 1.82. The minimum absolute atomic E-state index is 0.221. The van der Waals surface area contributed by atoms with Gasteiger partial charge in [0.2, 0.25) is 0 Å². The normalized spacial score (nSPS) is 13.5. The summed E-state index contributed by atoms with van der Waals surface area (Å²) in [5.74, 6) is 0.170. The largest absolute Gasteiger partial charge is 0.481 e. The molecule has 0 spiro atoms. The van der Waals surface area contributed by atoms with Gasteiger partial charge in [0.25, 0.3) is 0 Å². The summed E-state index contributed by atoms with van der Waals surface area (Å²) in [5, 5.41) is 10.1. The van der Waals surface area contributed by atoms with E-state index in [0.717, 1.165) is 42.0 Å². The van der Waals surface area contributed by atoms with Crippen LogP contribution in [-0.4, -0.2) is 16.1 Å². The van der Waals surface area contributed by atoms with Gasteiger partial charge in [0, 0.05) is 27.9 Å². The highest BCUT2D eigenvalue weighted by atomic mass is 32.1. The number of nitrogens with zero attached hydrogens (tertiary/aromatic N) is 1. The lowest BCUT2D eigenvalue weighted by Gasteiger charge is -2.13. The second-order valence-corrected chi connectivity index (χ2v) is 7.75. The van der Waals surface area contributed by atoms with Crippen molar-refractivity contribution >= 4 is 27.5 Å². The van der Waals surface area contributed by atoms with E-state index in [2.05, 4.69) is 6.92 Å². The Morgan fingerprint density at radius 3 is 3.00 bits per heavy atom. The van der Waals surface area contributed by atoms with Crippen LogP contribution in [-0.2, 0) is 24.1 Å². The molecule has 3 aromatic rings. The molecule has 3 aromatic heterocycles. The number of aromatic nitrogens is 1. The number of pyridine rings is 1. The zero-order valence-corrected chi connectivity index (χ0v) is 15.1. The molecule has 1 aliphatic rings. The highest BCUT2D eigenvalue weighted by molar-refractivity contribution is 7.19. The molecule has 1 N–H and O–H groups in total. The molecule has 3 heterocycles. The SMILES string of the molecule is Cc1nc2sc3c(c2c(-c2ccco2)c1CCCCC(=O)O)CCC3. The first kappa shape index (κ1) is 16.3. The Kier molecular flexibility index (Phi) is 4.34. The quantitative estimate of drug-likeness (QED) is 0.621. The Labute approximate surface area is 150 Å². The fraction of sp³-hybridized carbons (Fsp3) is 0.400. The lowest BCUT2D eigenvalue weighted by molar-refractivity contribution is -0.137. The molecule has 0 radical (unpaired) electrons. The molecule has 0 saturated carbocycles. The molecule has 25 heavy (non-hydrogen) atoms. The van der Waals surface area contributed by atoms with E-state index in [1.807, 2.05) is 23.5 Å². The molecule has 0 amide bonds. The third-order valence-corrected chi connectivity index (χ3v) is 6.18. The highest BCUT2D eigenvalue weighted by Crippen LogP contribution is 2.44.